The number of hydrogen-bond acceptors (Lipinski definition) is 3. The lowest BCUT2D eigenvalue weighted by atomic mass is 10.5. The van der Waals surface area contributed by atoms with E-state index in [0.717, 1.165) is 17.6 Å². The highest BCUT2D eigenvalue weighted by Gasteiger charge is 2.04. The summed E-state index contributed by atoms with van der Waals surface area (Å²) in [7, 11) is 0.442. The van der Waals surface area contributed by atoms with Crippen LogP contribution in [0.1, 0.15) is 6.42 Å². The summed E-state index contributed by atoms with van der Waals surface area (Å²) in [5.74, 6) is 0. The lowest BCUT2D eigenvalue weighted by molar-refractivity contribution is -0.268. The van der Waals surface area contributed by atoms with E-state index >= 15 is 0 Å². The zero-order chi connectivity index (χ0) is 5.11. The second-order valence-electron chi connectivity index (χ2n) is 1.37. The first kappa shape index (κ1) is 5.45. The van der Waals surface area contributed by atoms with Crippen LogP contribution in [0.5, 0.6) is 0 Å². The third-order valence-electron chi connectivity index (χ3n) is 0.782. The molecule has 0 aromatic carbocycles. The van der Waals surface area contributed by atoms with Crippen molar-refractivity contribution >= 4 is 8.73 Å². The molecule has 4 heteroatoms. The Labute approximate surface area is 44.0 Å². The van der Waals surface area contributed by atoms with Gasteiger partial charge in [0.1, 0.15) is 0 Å². The van der Waals surface area contributed by atoms with E-state index in [2.05, 4.69) is 4.84 Å². The van der Waals surface area contributed by atoms with E-state index in [1.165, 1.54) is 0 Å². The van der Waals surface area contributed by atoms with Gasteiger partial charge in [0, 0.05) is 8.73 Å². The molecule has 1 saturated heterocycles. The first-order valence-electron chi connectivity index (χ1n) is 2.25. The molecule has 0 aromatic rings. The van der Waals surface area contributed by atoms with Gasteiger partial charge in [-0.15, -0.1) is 0 Å². The predicted octanol–water partition coefficient (Wildman–Crippen LogP) is 0.606. The normalized spacial score (nSPS) is 28.7. The minimum atomic E-state index is 0.442. The molecule has 1 rings (SSSR count). The van der Waals surface area contributed by atoms with E-state index < -0.39 is 0 Å². The van der Waals surface area contributed by atoms with Crippen molar-refractivity contribution in [1.82, 2.24) is 5.00 Å². The average molecular weight is 121 g/mol. The Morgan fingerprint density at radius 1 is 1.71 bits per heavy atom. The van der Waals surface area contributed by atoms with Crippen molar-refractivity contribution in [2.75, 3.05) is 12.8 Å². The van der Waals surface area contributed by atoms with Crippen LogP contribution < -0.4 is 0 Å². The lowest BCUT2D eigenvalue weighted by Crippen LogP contribution is -2.16. The fourth-order valence-electron chi connectivity index (χ4n) is 0.444. The number of rotatable bonds is 0. The molecule has 0 spiro atoms. The van der Waals surface area contributed by atoms with E-state index in [4.69, 9.17) is 5.21 Å². The molecule has 1 heterocycles. The van der Waals surface area contributed by atoms with E-state index in [9.17, 15) is 0 Å². The summed E-state index contributed by atoms with van der Waals surface area (Å²) in [5, 5.41) is 8.53. The van der Waals surface area contributed by atoms with Crippen molar-refractivity contribution in [1.29, 1.82) is 0 Å². The molecule has 1 aliphatic rings. The third-order valence-corrected chi connectivity index (χ3v) is 1.76. The van der Waals surface area contributed by atoms with Gasteiger partial charge in [0.2, 0.25) is 0 Å². The van der Waals surface area contributed by atoms with E-state index in [1.807, 2.05) is 0 Å². The van der Waals surface area contributed by atoms with Crippen LogP contribution in [-0.2, 0) is 4.84 Å². The van der Waals surface area contributed by atoms with Gasteiger partial charge in [-0.25, -0.2) is 0 Å². The van der Waals surface area contributed by atoms with Crippen molar-refractivity contribution in [2.24, 2.45) is 0 Å². The predicted molar refractivity (Wildman–Crippen MR) is 27.4 cm³/mol. The molecule has 1 fully saturated rings. The highest BCUT2D eigenvalue weighted by molar-refractivity contribution is 7.34. The quantitative estimate of drug-likeness (QED) is 0.476. The molecular weight excluding hydrogens is 113 g/mol. The van der Waals surface area contributed by atoms with Gasteiger partial charge in [0.15, 0.2) is 0 Å². The summed E-state index contributed by atoms with van der Waals surface area (Å²) >= 11 is 0. The van der Waals surface area contributed by atoms with E-state index in [1.54, 1.807) is 0 Å². The fourth-order valence-corrected chi connectivity index (χ4v) is 1.12. The maximum absolute atomic E-state index is 8.53. The topological polar surface area (TPSA) is 32.7 Å². The average Bonchev–Trinajstić information content (AvgIpc) is 1.69. The summed E-state index contributed by atoms with van der Waals surface area (Å²) in [6.07, 6.45) is 2.14. The van der Waals surface area contributed by atoms with Crippen molar-refractivity contribution in [2.45, 2.75) is 6.42 Å². The fraction of sp³-hybridized carbons (Fsp3) is 1.00. The molecule has 1 aliphatic heterocycles. The number of hydrogen-bond donors (Lipinski definition) is 1. The Hall–Kier alpha value is 0.310. The van der Waals surface area contributed by atoms with Gasteiger partial charge in [-0.2, -0.15) is 0 Å². The minimum absolute atomic E-state index is 0.442. The Balaban J connectivity index is 2.12. The molecule has 0 aromatic heterocycles. The molecule has 0 bridgehead atoms. The SMILES string of the molecule is ON1OCCCP1. The van der Waals surface area contributed by atoms with E-state index in [-0.39, 0.29) is 0 Å². The number of nitrogens with zero attached hydrogens (tertiary/aromatic N) is 1. The molecule has 0 saturated carbocycles. The summed E-state index contributed by atoms with van der Waals surface area (Å²) in [5.41, 5.74) is 0. The highest BCUT2D eigenvalue weighted by atomic mass is 31.1. The van der Waals surface area contributed by atoms with Gasteiger partial charge in [0.05, 0.1) is 6.61 Å². The van der Waals surface area contributed by atoms with Crippen LogP contribution in [0.4, 0.5) is 0 Å². The van der Waals surface area contributed by atoms with Crippen LogP contribution in [0.3, 0.4) is 0 Å². The summed E-state index contributed by atoms with van der Waals surface area (Å²) in [6.45, 7) is 0.670. The van der Waals surface area contributed by atoms with Crippen LogP contribution >= 0.6 is 8.73 Å². The molecule has 7 heavy (non-hydrogen) atoms. The van der Waals surface area contributed by atoms with Crippen LogP contribution in [0, 0.1) is 0 Å². The largest absolute Gasteiger partial charge is 0.287 e. The van der Waals surface area contributed by atoms with Crippen LogP contribution in [-0.4, -0.2) is 23.0 Å². The molecular formula is C3H8NO2P. The molecule has 0 amide bonds. The lowest BCUT2D eigenvalue weighted by Gasteiger charge is -2.18. The summed E-state index contributed by atoms with van der Waals surface area (Å²) in [4.78, 5) is 5.60. The first-order chi connectivity index (χ1) is 3.39. The zero-order valence-corrected chi connectivity index (χ0v) is 4.92. The van der Waals surface area contributed by atoms with Crippen LogP contribution in [0.15, 0.2) is 0 Å². The van der Waals surface area contributed by atoms with Crippen molar-refractivity contribution in [3.63, 3.8) is 0 Å². The zero-order valence-electron chi connectivity index (χ0n) is 3.92. The third kappa shape index (κ3) is 1.70. The van der Waals surface area contributed by atoms with Crippen molar-refractivity contribution in [3.05, 3.63) is 0 Å². The van der Waals surface area contributed by atoms with Gasteiger partial charge in [-0.1, -0.05) is 5.00 Å². The molecule has 0 aliphatic carbocycles. The molecule has 0 radical (unpaired) electrons. The van der Waals surface area contributed by atoms with Crippen molar-refractivity contribution in [3.8, 4) is 0 Å². The maximum atomic E-state index is 8.53. The van der Waals surface area contributed by atoms with E-state index in [0.29, 0.717) is 15.3 Å². The molecule has 42 valence electrons. The minimum Gasteiger partial charge on any atom is -0.287 e. The smallest absolute Gasteiger partial charge is 0.0718 e. The Morgan fingerprint density at radius 2 is 2.57 bits per heavy atom. The summed E-state index contributed by atoms with van der Waals surface area (Å²) < 4.78 is 0. The molecule has 3 nitrogen and oxygen atoms in total. The molecule has 1 atom stereocenters. The summed E-state index contributed by atoms with van der Waals surface area (Å²) in [6, 6.07) is 0. The van der Waals surface area contributed by atoms with Crippen molar-refractivity contribution < 1.29 is 10.0 Å². The van der Waals surface area contributed by atoms with Crippen LogP contribution in [0.2, 0.25) is 0 Å². The highest BCUT2D eigenvalue weighted by Crippen LogP contribution is 2.20. The first-order valence-corrected chi connectivity index (χ1v) is 3.40. The molecule has 1 N–H and O–H groups in total. The second kappa shape index (κ2) is 2.58. The Bertz CT molecular complexity index is 54.9. The van der Waals surface area contributed by atoms with Gasteiger partial charge in [0.25, 0.3) is 0 Å². The molecule has 1 unspecified atom stereocenters. The standard InChI is InChI=1S/C3H8NO2P/c5-4-6-2-1-3-7-4/h5,7H,1-3H2. The van der Waals surface area contributed by atoms with Gasteiger partial charge < -0.3 is 0 Å². The maximum Gasteiger partial charge on any atom is 0.0718 e. The van der Waals surface area contributed by atoms with Gasteiger partial charge in [-0.3, -0.25) is 10.0 Å². The Morgan fingerprint density at radius 3 is 2.86 bits per heavy atom. The monoisotopic (exact) mass is 121 g/mol. The second-order valence-corrected chi connectivity index (χ2v) is 2.57. The van der Waals surface area contributed by atoms with Gasteiger partial charge >= 0.3 is 0 Å². The Kier molecular flexibility index (Phi) is 2.00. The van der Waals surface area contributed by atoms with Crippen LogP contribution in [0.25, 0.3) is 0 Å². The van der Waals surface area contributed by atoms with Gasteiger partial charge in [-0.05, 0) is 12.6 Å².